The predicted molar refractivity (Wildman–Crippen MR) is 124 cm³/mol. The molecule has 0 fully saturated rings. The summed E-state index contributed by atoms with van der Waals surface area (Å²) < 4.78 is 24.8. The summed E-state index contributed by atoms with van der Waals surface area (Å²) in [6.45, 7) is -0.0548. The molecule has 170 valence electrons. The lowest BCUT2D eigenvalue weighted by Gasteiger charge is -2.10. The second-order valence-corrected chi connectivity index (χ2v) is 7.87. The lowest BCUT2D eigenvalue weighted by Crippen LogP contribution is -2.17. The van der Waals surface area contributed by atoms with E-state index in [1.807, 2.05) is 38.4 Å². The van der Waals surface area contributed by atoms with E-state index in [1.54, 1.807) is 24.3 Å². The highest BCUT2D eigenvalue weighted by Crippen LogP contribution is 2.24. The highest BCUT2D eigenvalue weighted by atomic mass is 32.2. The van der Waals surface area contributed by atoms with Gasteiger partial charge in [0.05, 0.1) is 17.5 Å². The Morgan fingerprint density at radius 2 is 1.62 bits per heavy atom. The standard InChI is InChI=1S/C21H19NO6S.C2H7N/c1-29(26)22-11-18-10-19(24)21(25)20(28-18)13-27-17-8-6-16(7-9-17)15-4-2-14(12-23)3-5-15;1-3-2/h2-10,12,22,25H,11,13H2,1H3;3H,1-2H3. The van der Waals surface area contributed by atoms with Gasteiger partial charge < -0.3 is 19.6 Å². The van der Waals surface area contributed by atoms with Crippen LogP contribution in [0.25, 0.3) is 11.1 Å². The van der Waals surface area contributed by atoms with Gasteiger partial charge in [0, 0.05) is 17.9 Å². The fourth-order valence-corrected chi connectivity index (χ4v) is 2.94. The van der Waals surface area contributed by atoms with Crippen LogP contribution in [0.3, 0.4) is 0 Å². The first-order chi connectivity index (χ1) is 15.4. The number of aromatic hydroxyl groups is 1. The molecule has 0 aliphatic rings. The summed E-state index contributed by atoms with van der Waals surface area (Å²) in [4.78, 5) is 22.6. The first kappa shape index (κ1) is 25.0. The van der Waals surface area contributed by atoms with Gasteiger partial charge in [0.15, 0.2) is 5.76 Å². The van der Waals surface area contributed by atoms with E-state index < -0.39 is 22.2 Å². The number of ether oxygens (including phenoxy) is 1. The van der Waals surface area contributed by atoms with Crippen LogP contribution in [0, 0.1) is 0 Å². The van der Waals surface area contributed by atoms with Gasteiger partial charge in [0.1, 0.15) is 24.4 Å². The van der Waals surface area contributed by atoms with Crippen LogP contribution in [0.1, 0.15) is 21.9 Å². The van der Waals surface area contributed by atoms with Crippen molar-refractivity contribution in [1.29, 1.82) is 0 Å². The van der Waals surface area contributed by atoms with Crippen molar-refractivity contribution < 1.29 is 23.3 Å². The second-order valence-electron chi connectivity index (χ2n) is 6.68. The molecule has 0 amide bonds. The molecule has 0 saturated heterocycles. The molecule has 9 heteroatoms. The third kappa shape index (κ3) is 7.45. The topological polar surface area (TPSA) is 118 Å². The highest BCUT2D eigenvalue weighted by Gasteiger charge is 2.12. The molecule has 8 nitrogen and oxygen atoms in total. The van der Waals surface area contributed by atoms with Crippen LogP contribution in [-0.4, -0.2) is 36.0 Å². The van der Waals surface area contributed by atoms with Gasteiger partial charge in [-0.15, -0.1) is 0 Å². The van der Waals surface area contributed by atoms with E-state index in [1.165, 1.54) is 6.26 Å². The largest absolute Gasteiger partial charge is 0.502 e. The maximum absolute atomic E-state index is 11.9. The molecule has 1 atom stereocenters. The number of carbonyl (C=O) groups is 1. The van der Waals surface area contributed by atoms with Gasteiger partial charge in [0.25, 0.3) is 0 Å². The number of rotatable bonds is 8. The summed E-state index contributed by atoms with van der Waals surface area (Å²) in [6.07, 6.45) is 2.25. The van der Waals surface area contributed by atoms with Crippen molar-refractivity contribution in [2.45, 2.75) is 13.2 Å². The Bertz CT molecular complexity index is 1090. The molecule has 1 heterocycles. The molecule has 0 saturated carbocycles. The molecule has 32 heavy (non-hydrogen) atoms. The summed E-state index contributed by atoms with van der Waals surface area (Å²) in [7, 11) is 2.49. The Morgan fingerprint density at radius 3 is 2.16 bits per heavy atom. The van der Waals surface area contributed by atoms with E-state index in [2.05, 4.69) is 10.0 Å². The summed E-state index contributed by atoms with van der Waals surface area (Å²) in [5.41, 5.74) is 1.92. The first-order valence-corrected chi connectivity index (χ1v) is 11.2. The summed E-state index contributed by atoms with van der Waals surface area (Å²) in [6, 6.07) is 15.6. The predicted octanol–water partition coefficient (Wildman–Crippen LogP) is 2.62. The fraction of sp³-hybridized carbons (Fsp3) is 0.217. The number of hydrogen-bond donors (Lipinski definition) is 3. The van der Waals surface area contributed by atoms with E-state index in [4.69, 9.17) is 9.15 Å². The van der Waals surface area contributed by atoms with Crippen LogP contribution in [0.5, 0.6) is 11.5 Å². The normalized spacial score (nSPS) is 11.2. The van der Waals surface area contributed by atoms with E-state index in [9.17, 15) is 18.9 Å². The minimum Gasteiger partial charge on any atom is -0.502 e. The minimum atomic E-state index is -1.26. The maximum Gasteiger partial charge on any atom is 0.227 e. The van der Waals surface area contributed by atoms with Crippen LogP contribution >= 0.6 is 0 Å². The fourth-order valence-electron chi connectivity index (χ4n) is 2.59. The average molecular weight is 459 g/mol. The molecule has 3 rings (SSSR count). The Kier molecular flexibility index (Phi) is 9.80. The lowest BCUT2D eigenvalue weighted by molar-refractivity contribution is 0.112. The van der Waals surface area contributed by atoms with Gasteiger partial charge in [-0.25, -0.2) is 8.93 Å². The van der Waals surface area contributed by atoms with Crippen molar-refractivity contribution in [2.24, 2.45) is 0 Å². The monoisotopic (exact) mass is 458 g/mol. The number of hydrogen-bond acceptors (Lipinski definition) is 7. The Hall–Kier alpha value is -3.27. The molecule has 3 N–H and O–H groups in total. The molecule has 0 radical (unpaired) electrons. The molecule has 0 aliphatic heterocycles. The van der Waals surface area contributed by atoms with Crippen LogP contribution in [-0.2, 0) is 24.1 Å². The van der Waals surface area contributed by atoms with Crippen molar-refractivity contribution >= 4 is 17.3 Å². The molecule has 3 aromatic rings. The molecule has 1 unspecified atom stereocenters. The summed E-state index contributed by atoms with van der Waals surface area (Å²) in [5.74, 6) is 0.247. The van der Waals surface area contributed by atoms with Gasteiger partial charge >= 0.3 is 0 Å². The molecular weight excluding hydrogens is 432 g/mol. The Balaban J connectivity index is 0.00000114. The van der Waals surface area contributed by atoms with Crippen molar-refractivity contribution in [3.8, 4) is 22.6 Å². The molecule has 0 spiro atoms. The maximum atomic E-state index is 11.9. The van der Waals surface area contributed by atoms with Gasteiger partial charge in [-0.05, 0) is 37.4 Å². The highest BCUT2D eigenvalue weighted by molar-refractivity contribution is 7.82. The van der Waals surface area contributed by atoms with Gasteiger partial charge in [0.2, 0.25) is 11.2 Å². The third-order valence-electron chi connectivity index (χ3n) is 4.10. The Morgan fingerprint density at radius 1 is 1.06 bits per heavy atom. The average Bonchev–Trinajstić information content (AvgIpc) is 2.80. The first-order valence-electron chi connectivity index (χ1n) is 9.66. The molecule has 0 aliphatic carbocycles. The van der Waals surface area contributed by atoms with Crippen LogP contribution in [0.15, 0.2) is 63.8 Å². The number of carbonyl (C=O) groups excluding carboxylic acids is 1. The van der Waals surface area contributed by atoms with Crippen molar-refractivity contribution in [3.63, 3.8) is 0 Å². The molecule has 1 aromatic heterocycles. The second kappa shape index (κ2) is 12.6. The van der Waals surface area contributed by atoms with Crippen LogP contribution in [0.4, 0.5) is 0 Å². The SMILES string of the molecule is CNC.CS(=O)NCc1cc(=O)c(O)c(COc2ccc(-c3ccc(C=O)cc3)cc2)o1. The van der Waals surface area contributed by atoms with Gasteiger partial charge in [-0.3, -0.25) is 9.59 Å². The zero-order valence-corrected chi connectivity index (χ0v) is 18.9. The number of aldehydes is 1. The quantitative estimate of drug-likeness (QED) is 0.444. The zero-order valence-electron chi connectivity index (χ0n) is 18.1. The number of benzene rings is 2. The van der Waals surface area contributed by atoms with Crippen molar-refractivity contribution in [1.82, 2.24) is 10.0 Å². The van der Waals surface area contributed by atoms with E-state index in [0.717, 1.165) is 23.5 Å². The lowest BCUT2D eigenvalue weighted by atomic mass is 10.0. The van der Waals surface area contributed by atoms with E-state index >= 15 is 0 Å². The van der Waals surface area contributed by atoms with Gasteiger partial charge in [-0.1, -0.05) is 36.4 Å². The van der Waals surface area contributed by atoms with E-state index in [0.29, 0.717) is 11.3 Å². The molecule has 0 bridgehead atoms. The van der Waals surface area contributed by atoms with Crippen LogP contribution in [0.2, 0.25) is 0 Å². The van der Waals surface area contributed by atoms with Crippen LogP contribution < -0.4 is 20.2 Å². The zero-order chi connectivity index (χ0) is 23.5. The minimum absolute atomic E-state index is 0.00952. The molecular formula is C23H26N2O6S. The summed E-state index contributed by atoms with van der Waals surface area (Å²) in [5, 5.41) is 12.7. The van der Waals surface area contributed by atoms with E-state index in [-0.39, 0.29) is 24.7 Å². The molecule has 2 aromatic carbocycles. The summed E-state index contributed by atoms with van der Waals surface area (Å²) >= 11 is 0. The smallest absolute Gasteiger partial charge is 0.227 e. The Labute approximate surface area is 188 Å². The third-order valence-corrected chi connectivity index (χ3v) is 4.65. The number of nitrogens with one attached hydrogen (secondary N) is 2. The van der Waals surface area contributed by atoms with Crippen molar-refractivity contribution in [3.05, 3.63) is 81.9 Å². The van der Waals surface area contributed by atoms with Crippen molar-refractivity contribution in [2.75, 3.05) is 20.4 Å². The van der Waals surface area contributed by atoms with Gasteiger partial charge in [-0.2, -0.15) is 0 Å².